The SMILES string of the molecule is CC(NC(C(=O)O)C1C=C(F)C=CC1)OC(C)(C)C. The number of allylic oxidation sites excluding steroid dienone is 3. The Morgan fingerprint density at radius 2 is 2.21 bits per heavy atom. The molecule has 2 N–H and O–H groups in total. The minimum absolute atomic E-state index is 0.372. The maximum Gasteiger partial charge on any atom is 0.321 e. The van der Waals surface area contributed by atoms with E-state index in [4.69, 9.17) is 4.74 Å². The molecule has 0 aromatic carbocycles. The number of carbonyl (C=O) groups is 1. The molecule has 3 unspecified atom stereocenters. The van der Waals surface area contributed by atoms with Crippen LogP contribution < -0.4 is 5.32 Å². The van der Waals surface area contributed by atoms with Crippen LogP contribution in [0.3, 0.4) is 0 Å². The molecule has 0 spiro atoms. The highest BCUT2D eigenvalue weighted by molar-refractivity contribution is 5.74. The maximum absolute atomic E-state index is 13.2. The minimum Gasteiger partial charge on any atom is -0.480 e. The average molecular weight is 271 g/mol. The molecular formula is C14H22FNO3. The zero-order chi connectivity index (χ0) is 14.6. The quantitative estimate of drug-likeness (QED) is 0.755. The van der Waals surface area contributed by atoms with Crippen LogP contribution in [-0.2, 0) is 9.53 Å². The Balaban J connectivity index is 2.69. The molecular weight excluding hydrogens is 249 g/mol. The van der Waals surface area contributed by atoms with Crippen molar-refractivity contribution in [2.45, 2.75) is 52.0 Å². The summed E-state index contributed by atoms with van der Waals surface area (Å²) in [5.41, 5.74) is -0.372. The van der Waals surface area contributed by atoms with E-state index in [2.05, 4.69) is 5.32 Å². The van der Waals surface area contributed by atoms with Crippen LogP contribution >= 0.6 is 0 Å². The van der Waals surface area contributed by atoms with Crippen LogP contribution in [0.5, 0.6) is 0 Å². The molecule has 3 atom stereocenters. The van der Waals surface area contributed by atoms with Crippen molar-refractivity contribution in [1.29, 1.82) is 0 Å². The fraction of sp³-hybridized carbons (Fsp3) is 0.643. The molecule has 0 radical (unpaired) electrons. The first kappa shape index (κ1) is 15.9. The van der Waals surface area contributed by atoms with Crippen LogP contribution in [0.15, 0.2) is 24.1 Å². The third-order valence-corrected chi connectivity index (χ3v) is 2.70. The molecule has 0 aromatic rings. The average Bonchev–Trinajstić information content (AvgIpc) is 2.23. The summed E-state index contributed by atoms with van der Waals surface area (Å²) >= 11 is 0. The summed E-state index contributed by atoms with van der Waals surface area (Å²) < 4.78 is 18.8. The highest BCUT2D eigenvalue weighted by Gasteiger charge is 2.30. The van der Waals surface area contributed by atoms with E-state index in [1.54, 1.807) is 13.0 Å². The van der Waals surface area contributed by atoms with Crippen molar-refractivity contribution in [3.8, 4) is 0 Å². The van der Waals surface area contributed by atoms with E-state index >= 15 is 0 Å². The van der Waals surface area contributed by atoms with Gasteiger partial charge in [0.2, 0.25) is 0 Å². The Hall–Kier alpha value is -1.20. The summed E-state index contributed by atoms with van der Waals surface area (Å²) in [6.45, 7) is 7.43. The van der Waals surface area contributed by atoms with E-state index < -0.39 is 30.0 Å². The number of aliphatic carboxylic acids is 1. The zero-order valence-electron chi connectivity index (χ0n) is 11.8. The maximum atomic E-state index is 13.2. The molecule has 0 heterocycles. The van der Waals surface area contributed by atoms with Crippen LogP contribution in [0.2, 0.25) is 0 Å². The monoisotopic (exact) mass is 271 g/mol. The molecule has 4 nitrogen and oxygen atoms in total. The molecule has 1 aliphatic carbocycles. The van der Waals surface area contributed by atoms with Crippen molar-refractivity contribution in [2.75, 3.05) is 0 Å². The van der Waals surface area contributed by atoms with Crippen molar-refractivity contribution >= 4 is 5.97 Å². The highest BCUT2D eigenvalue weighted by atomic mass is 19.1. The highest BCUT2D eigenvalue weighted by Crippen LogP contribution is 2.22. The van der Waals surface area contributed by atoms with E-state index in [0.717, 1.165) is 0 Å². The Morgan fingerprint density at radius 3 is 2.68 bits per heavy atom. The van der Waals surface area contributed by atoms with E-state index in [0.29, 0.717) is 6.42 Å². The lowest BCUT2D eigenvalue weighted by atomic mass is 9.92. The molecule has 0 fully saturated rings. The third-order valence-electron chi connectivity index (χ3n) is 2.70. The molecule has 1 rings (SSSR count). The molecule has 5 heteroatoms. The molecule has 1 aliphatic rings. The summed E-state index contributed by atoms with van der Waals surface area (Å²) in [4.78, 5) is 11.3. The van der Waals surface area contributed by atoms with Crippen molar-refractivity contribution in [3.63, 3.8) is 0 Å². The second-order valence-electron chi connectivity index (χ2n) is 5.71. The van der Waals surface area contributed by atoms with Crippen LogP contribution in [0.1, 0.15) is 34.1 Å². The smallest absolute Gasteiger partial charge is 0.321 e. The van der Waals surface area contributed by atoms with Gasteiger partial charge in [-0.2, -0.15) is 0 Å². The summed E-state index contributed by atoms with van der Waals surface area (Å²) in [5, 5.41) is 12.2. The predicted octanol–water partition coefficient (Wildman–Crippen LogP) is 2.62. The van der Waals surface area contributed by atoms with Crippen molar-refractivity contribution in [1.82, 2.24) is 5.32 Å². The normalized spacial score (nSPS) is 22.8. The zero-order valence-corrected chi connectivity index (χ0v) is 11.8. The standard InChI is InChI=1S/C14H22FNO3/c1-9(19-14(2,3)4)16-12(13(17)18)10-6-5-7-11(15)8-10/h5,7-10,12,16H,6H2,1-4H3,(H,17,18). The molecule has 108 valence electrons. The number of carboxylic acids is 1. The topological polar surface area (TPSA) is 58.6 Å². The van der Waals surface area contributed by atoms with Gasteiger partial charge in [0.1, 0.15) is 18.1 Å². The number of hydrogen-bond donors (Lipinski definition) is 2. The van der Waals surface area contributed by atoms with Gasteiger partial charge in [0.15, 0.2) is 0 Å². The van der Waals surface area contributed by atoms with Crippen molar-refractivity contribution in [2.24, 2.45) is 5.92 Å². The van der Waals surface area contributed by atoms with Crippen LogP contribution in [0.4, 0.5) is 4.39 Å². The van der Waals surface area contributed by atoms with E-state index in [1.807, 2.05) is 20.8 Å². The molecule has 0 aliphatic heterocycles. The van der Waals surface area contributed by atoms with Gasteiger partial charge in [0.25, 0.3) is 0 Å². The molecule has 0 saturated carbocycles. The first-order chi connectivity index (χ1) is 8.69. The molecule has 0 bridgehead atoms. The molecule has 0 saturated heterocycles. The van der Waals surface area contributed by atoms with Crippen LogP contribution in [0, 0.1) is 5.92 Å². The number of halogens is 1. The molecule has 0 amide bonds. The number of rotatable bonds is 5. The molecule has 0 aromatic heterocycles. The van der Waals surface area contributed by atoms with Gasteiger partial charge in [-0.3, -0.25) is 10.1 Å². The van der Waals surface area contributed by atoms with Gasteiger partial charge in [-0.05, 0) is 46.3 Å². The van der Waals surface area contributed by atoms with Crippen molar-refractivity contribution < 1.29 is 19.0 Å². The van der Waals surface area contributed by atoms with Gasteiger partial charge < -0.3 is 9.84 Å². The Bertz CT molecular complexity index is 385. The van der Waals surface area contributed by atoms with Crippen LogP contribution in [-0.4, -0.2) is 28.9 Å². The first-order valence-electron chi connectivity index (χ1n) is 6.39. The van der Waals surface area contributed by atoms with E-state index in [1.165, 1.54) is 12.2 Å². The third kappa shape index (κ3) is 5.53. The fourth-order valence-electron chi connectivity index (χ4n) is 2.09. The lowest BCUT2D eigenvalue weighted by Crippen LogP contribution is -2.49. The van der Waals surface area contributed by atoms with Gasteiger partial charge in [-0.1, -0.05) is 6.08 Å². The Morgan fingerprint density at radius 1 is 1.58 bits per heavy atom. The predicted molar refractivity (Wildman–Crippen MR) is 71.3 cm³/mol. The minimum atomic E-state index is -1.01. The fourth-order valence-corrected chi connectivity index (χ4v) is 2.09. The largest absolute Gasteiger partial charge is 0.480 e. The lowest BCUT2D eigenvalue weighted by molar-refractivity contribution is -0.144. The number of ether oxygens (including phenoxy) is 1. The summed E-state index contributed by atoms with van der Waals surface area (Å²) in [6.07, 6.45) is 4.41. The Labute approximate surface area is 113 Å². The lowest BCUT2D eigenvalue weighted by Gasteiger charge is -2.30. The van der Waals surface area contributed by atoms with Gasteiger partial charge in [-0.15, -0.1) is 0 Å². The second-order valence-corrected chi connectivity index (χ2v) is 5.71. The number of nitrogens with one attached hydrogen (secondary N) is 1. The molecule has 19 heavy (non-hydrogen) atoms. The Kier molecular flexibility index (Phi) is 5.26. The van der Waals surface area contributed by atoms with E-state index in [9.17, 15) is 14.3 Å². The van der Waals surface area contributed by atoms with Gasteiger partial charge in [0, 0.05) is 5.92 Å². The second kappa shape index (κ2) is 6.30. The van der Waals surface area contributed by atoms with E-state index in [-0.39, 0.29) is 5.60 Å². The van der Waals surface area contributed by atoms with Gasteiger partial charge in [-0.25, -0.2) is 4.39 Å². The first-order valence-corrected chi connectivity index (χ1v) is 6.39. The number of hydrogen-bond acceptors (Lipinski definition) is 3. The van der Waals surface area contributed by atoms with Crippen molar-refractivity contribution in [3.05, 3.63) is 24.1 Å². The number of carboxylic acid groups (broad SMARTS) is 1. The summed E-state index contributed by atoms with van der Waals surface area (Å²) in [7, 11) is 0. The van der Waals surface area contributed by atoms with Gasteiger partial charge >= 0.3 is 5.97 Å². The summed E-state index contributed by atoms with van der Waals surface area (Å²) in [6, 6.07) is -0.868. The van der Waals surface area contributed by atoms with Crippen LogP contribution in [0.25, 0.3) is 0 Å². The summed E-state index contributed by atoms with van der Waals surface area (Å²) in [5.74, 6) is -1.81. The van der Waals surface area contributed by atoms with Gasteiger partial charge in [0.05, 0.1) is 5.60 Å².